The highest BCUT2D eigenvalue weighted by Crippen LogP contribution is 2.31. The summed E-state index contributed by atoms with van der Waals surface area (Å²) in [6.45, 7) is 2.39. The summed E-state index contributed by atoms with van der Waals surface area (Å²) in [5.74, 6) is -1.03. The lowest BCUT2D eigenvalue weighted by Gasteiger charge is -2.18. The molecule has 0 heterocycles. The van der Waals surface area contributed by atoms with E-state index < -0.39 is 20.9 Å². The van der Waals surface area contributed by atoms with E-state index in [1.165, 1.54) is 33.1 Å². The Labute approximate surface area is 115 Å². The van der Waals surface area contributed by atoms with E-state index in [1.807, 2.05) is 0 Å². The molecule has 1 aromatic carbocycles. The lowest BCUT2D eigenvalue weighted by Crippen LogP contribution is -2.33. The zero-order valence-electron chi connectivity index (χ0n) is 10.5. The summed E-state index contributed by atoms with van der Waals surface area (Å²) in [6, 6.07) is 3.83. The summed E-state index contributed by atoms with van der Waals surface area (Å²) in [4.78, 5) is 23.3. The Balaban J connectivity index is 3.49. The van der Waals surface area contributed by atoms with Crippen LogP contribution in [0, 0.1) is 0 Å². The lowest BCUT2D eigenvalue weighted by atomic mass is 10.2. The fourth-order valence-electron chi connectivity index (χ4n) is 1.58. The van der Waals surface area contributed by atoms with E-state index in [1.54, 1.807) is 0 Å². The van der Waals surface area contributed by atoms with Crippen molar-refractivity contribution in [3.05, 3.63) is 18.2 Å². The minimum atomic E-state index is -4.06. The molecule has 0 aliphatic heterocycles. The van der Waals surface area contributed by atoms with Crippen LogP contribution in [0.1, 0.15) is 13.8 Å². The maximum absolute atomic E-state index is 11.4. The van der Waals surface area contributed by atoms with Crippen LogP contribution in [-0.2, 0) is 18.6 Å². The molecule has 0 unspecified atom stereocenters. The molecular formula is C11H12ClNO5S. The summed E-state index contributed by atoms with van der Waals surface area (Å²) in [5, 5.41) is 0. The molecular weight excluding hydrogens is 294 g/mol. The fraction of sp³-hybridized carbons (Fsp3) is 0.273. The molecule has 6 nitrogen and oxygen atoms in total. The third-order valence-electron chi connectivity index (χ3n) is 2.30. The zero-order valence-corrected chi connectivity index (χ0v) is 12.1. The van der Waals surface area contributed by atoms with Gasteiger partial charge in [-0.25, -0.2) is 8.42 Å². The highest BCUT2D eigenvalue weighted by molar-refractivity contribution is 8.13. The predicted octanol–water partition coefficient (Wildman–Crippen LogP) is 1.52. The molecule has 1 aromatic rings. The first-order valence-electron chi connectivity index (χ1n) is 5.12. The van der Waals surface area contributed by atoms with Crippen molar-refractivity contribution in [2.75, 3.05) is 12.0 Å². The average molecular weight is 306 g/mol. The van der Waals surface area contributed by atoms with Gasteiger partial charge >= 0.3 is 0 Å². The zero-order chi connectivity index (χ0) is 14.8. The van der Waals surface area contributed by atoms with Gasteiger partial charge in [-0.1, -0.05) is 0 Å². The van der Waals surface area contributed by atoms with Crippen LogP contribution in [0.25, 0.3) is 0 Å². The molecule has 0 bridgehead atoms. The Morgan fingerprint density at radius 3 is 2.11 bits per heavy atom. The first-order valence-corrected chi connectivity index (χ1v) is 7.43. The largest absolute Gasteiger partial charge is 0.495 e. The number of carbonyl (C=O) groups is 2. The molecule has 104 valence electrons. The van der Waals surface area contributed by atoms with Gasteiger partial charge in [0, 0.05) is 24.5 Å². The van der Waals surface area contributed by atoms with Gasteiger partial charge < -0.3 is 4.74 Å². The van der Waals surface area contributed by atoms with Crippen LogP contribution in [0.15, 0.2) is 23.1 Å². The molecule has 0 aliphatic rings. The van der Waals surface area contributed by atoms with Gasteiger partial charge in [0.2, 0.25) is 11.8 Å². The number of halogens is 1. The maximum Gasteiger partial charge on any atom is 0.265 e. The summed E-state index contributed by atoms with van der Waals surface area (Å²) >= 11 is 0. The molecule has 8 heteroatoms. The minimum Gasteiger partial charge on any atom is -0.495 e. The van der Waals surface area contributed by atoms with Crippen LogP contribution in [0.5, 0.6) is 5.75 Å². The van der Waals surface area contributed by atoms with Crippen molar-refractivity contribution in [1.29, 1.82) is 0 Å². The number of ether oxygens (including phenoxy) is 1. The van der Waals surface area contributed by atoms with E-state index in [2.05, 4.69) is 0 Å². The Morgan fingerprint density at radius 2 is 1.74 bits per heavy atom. The molecule has 0 saturated heterocycles. The quantitative estimate of drug-likeness (QED) is 0.791. The normalized spacial score (nSPS) is 10.9. The third-order valence-corrected chi connectivity index (χ3v) is 3.64. The molecule has 0 N–H and O–H groups in total. The Bertz CT molecular complexity index is 612. The van der Waals surface area contributed by atoms with Gasteiger partial charge in [0.15, 0.2) is 0 Å². The maximum atomic E-state index is 11.4. The summed E-state index contributed by atoms with van der Waals surface area (Å²) in [5.41, 5.74) is 0.111. The van der Waals surface area contributed by atoms with Gasteiger partial charge in [0.25, 0.3) is 9.05 Å². The van der Waals surface area contributed by atoms with E-state index in [0.29, 0.717) is 0 Å². The van der Waals surface area contributed by atoms with Crippen LogP contribution in [-0.4, -0.2) is 27.3 Å². The SMILES string of the molecule is COc1ccc(N(C(C)=O)C(C)=O)cc1S(=O)(=O)Cl. The van der Waals surface area contributed by atoms with Crippen molar-refractivity contribution in [1.82, 2.24) is 0 Å². The van der Waals surface area contributed by atoms with Crippen LogP contribution in [0.2, 0.25) is 0 Å². The molecule has 19 heavy (non-hydrogen) atoms. The second-order valence-corrected chi connectivity index (χ2v) is 6.18. The van der Waals surface area contributed by atoms with E-state index >= 15 is 0 Å². The van der Waals surface area contributed by atoms with Crippen molar-refractivity contribution < 1.29 is 22.7 Å². The molecule has 0 radical (unpaired) electrons. The number of anilines is 1. The van der Waals surface area contributed by atoms with E-state index in [-0.39, 0.29) is 16.3 Å². The van der Waals surface area contributed by atoms with Gasteiger partial charge in [-0.15, -0.1) is 0 Å². The van der Waals surface area contributed by atoms with Crippen molar-refractivity contribution in [2.24, 2.45) is 0 Å². The molecule has 2 amide bonds. The first kappa shape index (κ1) is 15.5. The topological polar surface area (TPSA) is 80.8 Å². The third kappa shape index (κ3) is 3.45. The number of methoxy groups -OCH3 is 1. The highest BCUT2D eigenvalue weighted by Gasteiger charge is 2.22. The van der Waals surface area contributed by atoms with Crippen LogP contribution in [0.4, 0.5) is 5.69 Å². The fourth-order valence-corrected chi connectivity index (χ4v) is 2.60. The standard InChI is InChI=1S/C11H12ClNO5S/c1-7(14)13(8(2)15)9-4-5-10(18-3)11(6-9)19(12,16)17/h4-6H,1-3H3. The highest BCUT2D eigenvalue weighted by atomic mass is 35.7. The van der Waals surface area contributed by atoms with Crippen molar-refractivity contribution >= 4 is 37.2 Å². The Hall–Kier alpha value is -1.60. The number of hydrogen-bond acceptors (Lipinski definition) is 5. The first-order chi connectivity index (χ1) is 8.68. The van der Waals surface area contributed by atoms with Gasteiger partial charge in [0.05, 0.1) is 12.8 Å². The summed E-state index contributed by atoms with van der Waals surface area (Å²) < 4.78 is 27.7. The molecule has 0 saturated carbocycles. The molecule has 0 aromatic heterocycles. The Kier molecular flexibility index (Phi) is 4.54. The predicted molar refractivity (Wildman–Crippen MR) is 69.9 cm³/mol. The summed E-state index contributed by atoms with van der Waals surface area (Å²) in [6.07, 6.45) is 0. The van der Waals surface area contributed by atoms with E-state index in [0.717, 1.165) is 11.0 Å². The average Bonchev–Trinajstić information content (AvgIpc) is 2.26. The van der Waals surface area contributed by atoms with Gasteiger partial charge in [-0.3, -0.25) is 14.5 Å². The van der Waals surface area contributed by atoms with Crippen LogP contribution < -0.4 is 9.64 Å². The number of amides is 2. The molecule has 0 fully saturated rings. The van der Waals surface area contributed by atoms with Crippen molar-refractivity contribution in [3.63, 3.8) is 0 Å². The van der Waals surface area contributed by atoms with E-state index in [4.69, 9.17) is 15.4 Å². The number of rotatable bonds is 3. The van der Waals surface area contributed by atoms with Crippen molar-refractivity contribution in [2.45, 2.75) is 18.7 Å². The van der Waals surface area contributed by atoms with Crippen LogP contribution in [0.3, 0.4) is 0 Å². The number of hydrogen-bond donors (Lipinski definition) is 0. The molecule has 0 atom stereocenters. The van der Waals surface area contributed by atoms with Crippen LogP contribution >= 0.6 is 10.7 Å². The second kappa shape index (κ2) is 5.58. The monoisotopic (exact) mass is 305 g/mol. The second-order valence-electron chi connectivity index (χ2n) is 3.65. The van der Waals surface area contributed by atoms with Crippen molar-refractivity contribution in [3.8, 4) is 5.75 Å². The molecule has 0 spiro atoms. The number of benzene rings is 1. The smallest absolute Gasteiger partial charge is 0.265 e. The Morgan fingerprint density at radius 1 is 1.21 bits per heavy atom. The minimum absolute atomic E-state index is 0.0332. The van der Waals surface area contributed by atoms with Gasteiger partial charge in [-0.05, 0) is 18.2 Å². The number of nitrogens with zero attached hydrogens (tertiary/aromatic N) is 1. The van der Waals surface area contributed by atoms with E-state index in [9.17, 15) is 18.0 Å². The molecule has 0 aliphatic carbocycles. The van der Waals surface area contributed by atoms with Gasteiger partial charge in [0.1, 0.15) is 10.6 Å². The molecule has 1 rings (SSSR count). The lowest BCUT2D eigenvalue weighted by molar-refractivity contribution is -0.124. The number of carbonyl (C=O) groups excluding carboxylic acids is 2. The summed E-state index contributed by atoms with van der Waals surface area (Å²) in [7, 11) is 2.51. The van der Waals surface area contributed by atoms with Gasteiger partial charge in [-0.2, -0.15) is 0 Å². The number of imide groups is 1.